The van der Waals surface area contributed by atoms with E-state index in [-0.39, 0.29) is 23.5 Å². The van der Waals surface area contributed by atoms with Crippen LogP contribution in [0.15, 0.2) is 71.3 Å². The van der Waals surface area contributed by atoms with Crippen LogP contribution in [-0.4, -0.2) is 23.6 Å². The smallest absolute Gasteiger partial charge is 0.294 e. The molecule has 1 N–H and O–H groups in total. The van der Waals surface area contributed by atoms with Gasteiger partial charge in [-0.3, -0.25) is 19.3 Å². The minimum absolute atomic E-state index is 0.0778. The van der Waals surface area contributed by atoms with Crippen LogP contribution in [0.5, 0.6) is 0 Å². The van der Waals surface area contributed by atoms with Crippen LogP contribution in [0.1, 0.15) is 70.7 Å². The quantitative estimate of drug-likeness (QED) is 0.506. The van der Waals surface area contributed by atoms with Gasteiger partial charge in [0.05, 0.1) is 12.0 Å². The number of carbonyl (C=O) groups excluding carboxylic acids is 3. The Hall–Kier alpha value is -3.67. The first-order chi connectivity index (χ1) is 16.0. The van der Waals surface area contributed by atoms with E-state index in [1.54, 1.807) is 36.4 Å². The van der Waals surface area contributed by atoms with Gasteiger partial charge in [0.15, 0.2) is 11.5 Å². The van der Waals surface area contributed by atoms with Gasteiger partial charge in [0, 0.05) is 11.6 Å². The van der Waals surface area contributed by atoms with E-state index in [4.69, 9.17) is 4.42 Å². The molecule has 0 bridgehead atoms. The number of para-hydroxylation sites is 1. The van der Waals surface area contributed by atoms with Crippen molar-refractivity contribution in [1.82, 2.24) is 5.32 Å². The molecule has 1 aliphatic rings. The number of hydrogen-bond donors (Lipinski definition) is 1. The van der Waals surface area contributed by atoms with Gasteiger partial charge in [-0.25, -0.2) is 0 Å². The second-order valence-electron chi connectivity index (χ2n) is 8.53. The topological polar surface area (TPSA) is 79.6 Å². The predicted octanol–water partition coefficient (Wildman–Crippen LogP) is 5.24. The summed E-state index contributed by atoms with van der Waals surface area (Å²) in [7, 11) is 0. The number of ketones is 1. The number of furan rings is 1. The van der Waals surface area contributed by atoms with E-state index in [2.05, 4.69) is 5.32 Å². The Morgan fingerprint density at radius 1 is 0.970 bits per heavy atom. The third-order valence-corrected chi connectivity index (χ3v) is 6.09. The van der Waals surface area contributed by atoms with Crippen molar-refractivity contribution in [2.45, 2.75) is 51.6 Å². The molecule has 2 aromatic carbocycles. The molecule has 0 spiro atoms. The van der Waals surface area contributed by atoms with E-state index >= 15 is 0 Å². The lowest BCUT2D eigenvalue weighted by atomic mass is 9.99. The molecule has 6 nitrogen and oxygen atoms in total. The normalized spacial score (nSPS) is 14.6. The number of benzene rings is 2. The van der Waals surface area contributed by atoms with Crippen molar-refractivity contribution in [3.8, 4) is 0 Å². The Bertz CT molecular complexity index is 1130. The van der Waals surface area contributed by atoms with Crippen LogP contribution in [0.25, 0.3) is 0 Å². The second-order valence-corrected chi connectivity index (χ2v) is 8.53. The van der Waals surface area contributed by atoms with Crippen molar-refractivity contribution in [2.75, 3.05) is 4.90 Å². The zero-order valence-electron chi connectivity index (χ0n) is 18.9. The third-order valence-electron chi connectivity index (χ3n) is 6.09. The number of amides is 2. The number of hydrogen-bond acceptors (Lipinski definition) is 4. The first-order valence-corrected chi connectivity index (χ1v) is 11.3. The summed E-state index contributed by atoms with van der Waals surface area (Å²) in [6.45, 7) is 3.42. The fourth-order valence-corrected chi connectivity index (χ4v) is 4.38. The first-order valence-electron chi connectivity index (χ1n) is 11.3. The Labute approximate surface area is 193 Å². The van der Waals surface area contributed by atoms with Crippen molar-refractivity contribution in [3.05, 3.63) is 89.4 Å². The summed E-state index contributed by atoms with van der Waals surface area (Å²) in [5.74, 6) is -0.856. The van der Waals surface area contributed by atoms with Crippen LogP contribution in [0.3, 0.4) is 0 Å². The Kier molecular flexibility index (Phi) is 6.73. The molecular formula is C27H28N2O4. The van der Waals surface area contributed by atoms with Gasteiger partial charge in [0.1, 0.15) is 6.04 Å². The van der Waals surface area contributed by atoms with Crippen LogP contribution in [0, 0.1) is 6.92 Å². The van der Waals surface area contributed by atoms with Crippen LogP contribution < -0.4 is 10.2 Å². The third kappa shape index (κ3) is 4.90. The number of Topliss-reactive ketones (excluding diaryl/α,β-unsaturated/α-hetero) is 1. The van der Waals surface area contributed by atoms with Crippen molar-refractivity contribution < 1.29 is 18.8 Å². The molecule has 1 heterocycles. The number of anilines is 1. The van der Waals surface area contributed by atoms with Crippen molar-refractivity contribution in [2.24, 2.45) is 0 Å². The molecule has 1 atom stereocenters. The van der Waals surface area contributed by atoms with Gasteiger partial charge in [-0.1, -0.05) is 54.8 Å². The molecule has 0 radical (unpaired) electrons. The molecule has 4 rings (SSSR count). The molecule has 1 aromatic heterocycles. The molecule has 3 aromatic rings. The molecule has 0 saturated heterocycles. The van der Waals surface area contributed by atoms with Gasteiger partial charge >= 0.3 is 0 Å². The summed E-state index contributed by atoms with van der Waals surface area (Å²) in [4.78, 5) is 41.3. The second kappa shape index (κ2) is 9.86. The maximum Gasteiger partial charge on any atom is 0.294 e. The fourth-order valence-electron chi connectivity index (χ4n) is 4.38. The summed E-state index contributed by atoms with van der Waals surface area (Å²) in [5, 5.41) is 3.14. The van der Waals surface area contributed by atoms with E-state index in [1.165, 1.54) is 18.1 Å². The van der Waals surface area contributed by atoms with Crippen molar-refractivity contribution >= 4 is 23.3 Å². The summed E-state index contributed by atoms with van der Waals surface area (Å²) < 4.78 is 5.41. The maximum atomic E-state index is 13.7. The molecular weight excluding hydrogens is 416 g/mol. The van der Waals surface area contributed by atoms with E-state index < -0.39 is 11.9 Å². The van der Waals surface area contributed by atoms with Crippen LogP contribution in [0.4, 0.5) is 5.69 Å². The van der Waals surface area contributed by atoms with Crippen molar-refractivity contribution in [1.29, 1.82) is 0 Å². The molecule has 1 fully saturated rings. The van der Waals surface area contributed by atoms with E-state index in [9.17, 15) is 14.4 Å². The molecule has 6 heteroatoms. The predicted molar refractivity (Wildman–Crippen MR) is 126 cm³/mol. The minimum atomic E-state index is -0.968. The first kappa shape index (κ1) is 22.5. The highest BCUT2D eigenvalue weighted by molar-refractivity contribution is 6.12. The molecule has 0 unspecified atom stereocenters. The monoisotopic (exact) mass is 444 g/mol. The molecule has 170 valence electrons. The zero-order chi connectivity index (χ0) is 23.4. The van der Waals surface area contributed by atoms with Crippen LogP contribution in [0.2, 0.25) is 0 Å². The number of rotatable bonds is 7. The molecule has 0 aliphatic heterocycles. The van der Waals surface area contributed by atoms with Crippen LogP contribution >= 0.6 is 0 Å². The number of nitrogens with one attached hydrogen (secondary N) is 1. The zero-order valence-corrected chi connectivity index (χ0v) is 18.9. The van der Waals surface area contributed by atoms with Gasteiger partial charge < -0.3 is 9.73 Å². The van der Waals surface area contributed by atoms with Gasteiger partial charge in [-0.05, 0) is 56.5 Å². The average molecular weight is 445 g/mol. The van der Waals surface area contributed by atoms with E-state index in [1.807, 2.05) is 31.2 Å². The summed E-state index contributed by atoms with van der Waals surface area (Å²) in [6, 6.07) is 16.7. The summed E-state index contributed by atoms with van der Waals surface area (Å²) in [5.41, 5.74) is 2.44. The van der Waals surface area contributed by atoms with Gasteiger partial charge in [-0.15, -0.1) is 0 Å². The summed E-state index contributed by atoms with van der Waals surface area (Å²) in [6.07, 6.45) is 5.40. The van der Waals surface area contributed by atoms with E-state index in [0.29, 0.717) is 16.8 Å². The Morgan fingerprint density at radius 3 is 2.30 bits per heavy atom. The minimum Gasteiger partial charge on any atom is -0.459 e. The summed E-state index contributed by atoms with van der Waals surface area (Å²) >= 11 is 0. The highest BCUT2D eigenvalue weighted by Crippen LogP contribution is 2.33. The number of nitrogens with zero attached hydrogens (tertiary/aromatic N) is 1. The Morgan fingerprint density at radius 2 is 1.67 bits per heavy atom. The lowest BCUT2D eigenvalue weighted by Crippen LogP contribution is -2.46. The molecule has 1 aliphatic carbocycles. The van der Waals surface area contributed by atoms with Gasteiger partial charge in [0.25, 0.3) is 5.91 Å². The van der Waals surface area contributed by atoms with Crippen LogP contribution in [-0.2, 0) is 4.79 Å². The lowest BCUT2D eigenvalue weighted by molar-refractivity contribution is -0.123. The standard InChI is InChI=1S/C27H28N2O4/c1-18-13-15-20(16-14-18)25(26(31)28-21-8-3-4-9-21)29(27(32)24-12-7-17-33-24)23-11-6-5-10-22(23)19(2)30/h5-7,10-17,21,25H,3-4,8-9H2,1-2H3,(H,28,31)/t25-/m0/s1. The molecule has 1 saturated carbocycles. The maximum absolute atomic E-state index is 13.7. The van der Waals surface area contributed by atoms with E-state index in [0.717, 1.165) is 31.2 Å². The number of aryl methyl sites for hydroxylation is 1. The average Bonchev–Trinajstić information content (AvgIpc) is 3.52. The number of carbonyl (C=O) groups is 3. The van der Waals surface area contributed by atoms with Gasteiger partial charge in [-0.2, -0.15) is 0 Å². The Balaban J connectivity index is 1.87. The molecule has 2 amide bonds. The van der Waals surface area contributed by atoms with Crippen molar-refractivity contribution in [3.63, 3.8) is 0 Å². The largest absolute Gasteiger partial charge is 0.459 e. The highest BCUT2D eigenvalue weighted by atomic mass is 16.3. The highest BCUT2D eigenvalue weighted by Gasteiger charge is 2.37. The molecule has 33 heavy (non-hydrogen) atoms. The SMILES string of the molecule is CC(=O)c1ccccc1N(C(=O)c1ccco1)[C@H](C(=O)NC1CCCC1)c1ccc(C)cc1. The fraction of sp³-hybridized carbons (Fsp3) is 0.296. The lowest BCUT2D eigenvalue weighted by Gasteiger charge is -2.32. The van der Waals surface area contributed by atoms with Gasteiger partial charge in [0.2, 0.25) is 5.91 Å².